The van der Waals surface area contributed by atoms with E-state index in [9.17, 15) is 10.1 Å². The van der Waals surface area contributed by atoms with Crippen LogP contribution in [0.5, 0.6) is 11.5 Å². The van der Waals surface area contributed by atoms with Crippen molar-refractivity contribution in [3.8, 4) is 22.8 Å². The predicted molar refractivity (Wildman–Crippen MR) is 74.4 cm³/mol. The van der Waals surface area contributed by atoms with E-state index in [1.54, 1.807) is 18.2 Å². The predicted octanol–water partition coefficient (Wildman–Crippen LogP) is 3.33. The van der Waals surface area contributed by atoms with E-state index < -0.39 is 4.92 Å². The van der Waals surface area contributed by atoms with E-state index in [-0.39, 0.29) is 10.8 Å². The first-order chi connectivity index (χ1) is 9.56. The standard InChI is InChI=1S/C13H11ClN2O4/c1-19-10-4-3-5-11(20-2)13(10)9-6-8(16(17)18)7-12(14)15-9/h3-7H,1-2H3. The average Bonchev–Trinajstić information content (AvgIpc) is 2.45. The first-order valence-corrected chi connectivity index (χ1v) is 5.98. The Morgan fingerprint density at radius 2 is 1.80 bits per heavy atom. The summed E-state index contributed by atoms with van der Waals surface area (Å²) >= 11 is 5.84. The fourth-order valence-corrected chi connectivity index (χ4v) is 2.02. The van der Waals surface area contributed by atoms with Crippen molar-refractivity contribution in [1.82, 2.24) is 4.98 Å². The number of nitro groups is 1. The van der Waals surface area contributed by atoms with Crippen LogP contribution in [-0.4, -0.2) is 24.1 Å². The molecule has 2 rings (SSSR count). The third-order valence-corrected chi connectivity index (χ3v) is 2.87. The number of methoxy groups -OCH3 is 2. The van der Waals surface area contributed by atoms with Gasteiger partial charge in [0.25, 0.3) is 5.69 Å². The van der Waals surface area contributed by atoms with E-state index in [1.807, 2.05) is 0 Å². The fraction of sp³-hybridized carbons (Fsp3) is 0.154. The molecule has 0 spiro atoms. The molecule has 0 saturated heterocycles. The Morgan fingerprint density at radius 1 is 1.20 bits per heavy atom. The molecule has 1 aromatic heterocycles. The Morgan fingerprint density at radius 3 is 2.30 bits per heavy atom. The topological polar surface area (TPSA) is 74.5 Å². The number of ether oxygens (including phenoxy) is 2. The van der Waals surface area contributed by atoms with E-state index in [0.29, 0.717) is 22.8 Å². The van der Waals surface area contributed by atoms with Crippen molar-refractivity contribution < 1.29 is 14.4 Å². The summed E-state index contributed by atoms with van der Waals surface area (Å²) in [7, 11) is 2.99. The van der Waals surface area contributed by atoms with E-state index in [1.165, 1.54) is 26.4 Å². The number of pyridine rings is 1. The number of halogens is 1. The minimum absolute atomic E-state index is 0.0298. The highest BCUT2D eigenvalue weighted by atomic mass is 35.5. The molecule has 1 aromatic carbocycles. The SMILES string of the molecule is COc1cccc(OC)c1-c1cc([N+](=O)[O-])cc(Cl)n1. The Kier molecular flexibility index (Phi) is 4.05. The largest absolute Gasteiger partial charge is 0.496 e. The highest BCUT2D eigenvalue weighted by Gasteiger charge is 2.18. The van der Waals surface area contributed by atoms with Crippen LogP contribution in [0, 0.1) is 10.1 Å². The van der Waals surface area contributed by atoms with Crippen LogP contribution in [0.15, 0.2) is 30.3 Å². The summed E-state index contributed by atoms with van der Waals surface area (Å²) in [5.74, 6) is 0.988. The molecule has 0 amide bonds. The molecule has 0 fully saturated rings. The highest BCUT2D eigenvalue weighted by molar-refractivity contribution is 6.29. The monoisotopic (exact) mass is 294 g/mol. The maximum Gasteiger partial charge on any atom is 0.274 e. The second kappa shape index (κ2) is 5.75. The van der Waals surface area contributed by atoms with Crippen LogP contribution in [0.2, 0.25) is 5.15 Å². The van der Waals surface area contributed by atoms with Crippen molar-refractivity contribution in [2.45, 2.75) is 0 Å². The molecule has 6 nitrogen and oxygen atoms in total. The zero-order chi connectivity index (χ0) is 14.7. The van der Waals surface area contributed by atoms with Gasteiger partial charge in [-0.1, -0.05) is 17.7 Å². The molecule has 0 aliphatic carbocycles. The lowest BCUT2D eigenvalue weighted by molar-refractivity contribution is -0.384. The Labute approximate surface area is 120 Å². The number of hydrogen-bond acceptors (Lipinski definition) is 5. The third-order valence-electron chi connectivity index (χ3n) is 2.67. The van der Waals surface area contributed by atoms with Gasteiger partial charge in [-0.2, -0.15) is 0 Å². The van der Waals surface area contributed by atoms with Crippen LogP contribution < -0.4 is 9.47 Å². The molecule has 0 unspecified atom stereocenters. The lowest BCUT2D eigenvalue weighted by Gasteiger charge is -2.12. The van der Waals surface area contributed by atoms with Gasteiger partial charge in [0.2, 0.25) is 0 Å². The number of hydrogen-bond donors (Lipinski definition) is 0. The number of benzene rings is 1. The van der Waals surface area contributed by atoms with Crippen LogP contribution in [0.3, 0.4) is 0 Å². The van der Waals surface area contributed by atoms with Gasteiger partial charge in [0.05, 0.1) is 36.5 Å². The minimum atomic E-state index is -0.529. The summed E-state index contributed by atoms with van der Waals surface area (Å²) in [4.78, 5) is 14.5. The minimum Gasteiger partial charge on any atom is -0.496 e. The fourth-order valence-electron chi connectivity index (χ4n) is 1.82. The molecular weight excluding hydrogens is 284 g/mol. The van der Waals surface area contributed by atoms with E-state index in [0.717, 1.165) is 0 Å². The van der Waals surface area contributed by atoms with Gasteiger partial charge in [0, 0.05) is 6.07 Å². The molecule has 0 N–H and O–H groups in total. The maximum absolute atomic E-state index is 10.9. The van der Waals surface area contributed by atoms with Crippen molar-refractivity contribution in [3.63, 3.8) is 0 Å². The third kappa shape index (κ3) is 2.65. The molecule has 0 bridgehead atoms. The van der Waals surface area contributed by atoms with Gasteiger partial charge in [-0.3, -0.25) is 10.1 Å². The molecular formula is C13H11ClN2O4. The lowest BCUT2D eigenvalue weighted by atomic mass is 10.1. The van der Waals surface area contributed by atoms with Crippen LogP contribution in [0.25, 0.3) is 11.3 Å². The van der Waals surface area contributed by atoms with Gasteiger partial charge in [0.15, 0.2) is 0 Å². The number of aromatic nitrogens is 1. The second-order valence-electron chi connectivity index (χ2n) is 3.83. The quantitative estimate of drug-likeness (QED) is 0.491. The molecule has 7 heteroatoms. The molecule has 2 aromatic rings. The Balaban J connectivity index is 2.70. The summed E-state index contributed by atoms with van der Waals surface area (Å²) < 4.78 is 10.5. The zero-order valence-electron chi connectivity index (χ0n) is 10.8. The van der Waals surface area contributed by atoms with Crippen molar-refractivity contribution >= 4 is 17.3 Å². The summed E-state index contributed by atoms with van der Waals surface area (Å²) in [5, 5.41) is 10.9. The van der Waals surface area contributed by atoms with Gasteiger partial charge in [0.1, 0.15) is 16.7 Å². The van der Waals surface area contributed by atoms with E-state index in [2.05, 4.69) is 4.98 Å². The first kappa shape index (κ1) is 14.1. The van der Waals surface area contributed by atoms with Gasteiger partial charge < -0.3 is 9.47 Å². The summed E-state index contributed by atoms with van der Waals surface area (Å²) in [5.41, 5.74) is 0.689. The van der Waals surface area contributed by atoms with Crippen LogP contribution >= 0.6 is 11.6 Å². The van der Waals surface area contributed by atoms with Crippen LogP contribution in [-0.2, 0) is 0 Å². The average molecular weight is 295 g/mol. The summed E-state index contributed by atoms with van der Waals surface area (Å²) in [6.07, 6.45) is 0. The van der Waals surface area contributed by atoms with E-state index in [4.69, 9.17) is 21.1 Å². The Hall–Kier alpha value is -2.34. The molecule has 1 heterocycles. The summed E-state index contributed by atoms with van der Waals surface area (Å²) in [6.45, 7) is 0. The highest BCUT2D eigenvalue weighted by Crippen LogP contribution is 2.38. The Bertz CT molecular complexity index is 639. The molecule has 0 aliphatic rings. The van der Waals surface area contributed by atoms with Crippen molar-refractivity contribution in [2.24, 2.45) is 0 Å². The lowest BCUT2D eigenvalue weighted by Crippen LogP contribution is -1.96. The maximum atomic E-state index is 10.9. The van der Waals surface area contributed by atoms with Gasteiger partial charge in [-0.15, -0.1) is 0 Å². The second-order valence-corrected chi connectivity index (χ2v) is 4.22. The van der Waals surface area contributed by atoms with Gasteiger partial charge in [-0.05, 0) is 12.1 Å². The van der Waals surface area contributed by atoms with Gasteiger partial charge in [-0.25, -0.2) is 4.98 Å². The molecule has 0 atom stereocenters. The van der Waals surface area contributed by atoms with Crippen molar-refractivity contribution in [3.05, 3.63) is 45.6 Å². The first-order valence-electron chi connectivity index (χ1n) is 5.60. The summed E-state index contributed by atoms with van der Waals surface area (Å²) in [6, 6.07) is 7.69. The molecule has 0 aliphatic heterocycles. The van der Waals surface area contributed by atoms with Crippen molar-refractivity contribution in [2.75, 3.05) is 14.2 Å². The van der Waals surface area contributed by atoms with E-state index >= 15 is 0 Å². The molecule has 0 radical (unpaired) electrons. The van der Waals surface area contributed by atoms with Crippen molar-refractivity contribution in [1.29, 1.82) is 0 Å². The van der Waals surface area contributed by atoms with Crippen LogP contribution in [0.1, 0.15) is 0 Å². The molecule has 104 valence electrons. The normalized spacial score (nSPS) is 10.2. The number of rotatable bonds is 4. The van der Waals surface area contributed by atoms with Crippen LogP contribution in [0.4, 0.5) is 5.69 Å². The number of nitrogens with zero attached hydrogens (tertiary/aromatic N) is 2. The molecule has 0 saturated carbocycles. The van der Waals surface area contributed by atoms with Gasteiger partial charge >= 0.3 is 0 Å². The zero-order valence-corrected chi connectivity index (χ0v) is 11.5. The molecule has 20 heavy (non-hydrogen) atoms. The smallest absolute Gasteiger partial charge is 0.274 e.